The number of pyridine rings is 1. The number of carboxylic acid groups (broad SMARTS) is 1. The lowest BCUT2D eigenvalue weighted by atomic mass is 10.3. The van der Waals surface area contributed by atoms with E-state index in [1.165, 1.54) is 12.3 Å². The smallest absolute Gasteiger partial charge is 0.338 e. The quantitative estimate of drug-likeness (QED) is 0.828. The summed E-state index contributed by atoms with van der Waals surface area (Å²) in [6.07, 6.45) is 1.52. The standard InChI is InChI=1S/C14H14N2O3S2/c1-16(8-10-4-3-7-20-10)12(17)9-21-13-11(14(18)19)5-2-6-15-13/h2-7H,8-9H2,1H3,(H,18,19). The average Bonchev–Trinajstić information content (AvgIpc) is 2.97. The molecule has 0 aromatic carbocycles. The van der Waals surface area contributed by atoms with Crippen LogP contribution in [0.4, 0.5) is 0 Å². The Kier molecular flexibility index (Phi) is 5.35. The Morgan fingerprint density at radius 3 is 2.86 bits per heavy atom. The molecule has 0 spiro atoms. The minimum atomic E-state index is -1.04. The summed E-state index contributed by atoms with van der Waals surface area (Å²) in [4.78, 5) is 29.9. The highest BCUT2D eigenvalue weighted by Crippen LogP contribution is 2.20. The maximum absolute atomic E-state index is 12.1. The first kappa shape index (κ1) is 15.5. The molecule has 2 rings (SSSR count). The summed E-state index contributed by atoms with van der Waals surface area (Å²) in [7, 11) is 1.74. The summed E-state index contributed by atoms with van der Waals surface area (Å²) in [5.41, 5.74) is 0.121. The zero-order chi connectivity index (χ0) is 15.2. The van der Waals surface area contributed by atoms with E-state index in [1.807, 2.05) is 17.5 Å². The number of thiophene rings is 1. The van der Waals surface area contributed by atoms with E-state index in [0.717, 1.165) is 16.6 Å². The minimum absolute atomic E-state index is 0.0598. The maximum atomic E-state index is 12.1. The van der Waals surface area contributed by atoms with Crippen molar-refractivity contribution in [1.82, 2.24) is 9.88 Å². The third kappa shape index (κ3) is 4.30. The Balaban J connectivity index is 1.93. The van der Waals surface area contributed by atoms with Crippen LogP contribution in [0.15, 0.2) is 40.9 Å². The molecule has 1 amide bonds. The second-order valence-corrected chi connectivity index (χ2v) is 6.28. The minimum Gasteiger partial charge on any atom is -0.478 e. The molecule has 0 aliphatic carbocycles. The van der Waals surface area contributed by atoms with Crippen LogP contribution in [-0.4, -0.2) is 39.7 Å². The van der Waals surface area contributed by atoms with Crippen LogP contribution >= 0.6 is 23.1 Å². The van der Waals surface area contributed by atoms with Crippen molar-refractivity contribution in [1.29, 1.82) is 0 Å². The monoisotopic (exact) mass is 322 g/mol. The van der Waals surface area contributed by atoms with Crippen molar-refractivity contribution in [2.45, 2.75) is 11.6 Å². The lowest BCUT2D eigenvalue weighted by molar-refractivity contribution is -0.127. The molecule has 0 radical (unpaired) electrons. The summed E-state index contributed by atoms with van der Waals surface area (Å²) in [6.45, 7) is 0.561. The van der Waals surface area contributed by atoms with Gasteiger partial charge < -0.3 is 10.0 Å². The van der Waals surface area contributed by atoms with Crippen molar-refractivity contribution < 1.29 is 14.7 Å². The highest BCUT2D eigenvalue weighted by atomic mass is 32.2. The predicted octanol–water partition coefficient (Wildman–Crippen LogP) is 2.59. The molecule has 2 aromatic rings. The molecule has 21 heavy (non-hydrogen) atoms. The average molecular weight is 322 g/mol. The van der Waals surface area contributed by atoms with Crippen LogP contribution in [0.2, 0.25) is 0 Å². The first-order valence-corrected chi connectivity index (χ1v) is 8.02. The van der Waals surface area contributed by atoms with Gasteiger partial charge in [-0.2, -0.15) is 0 Å². The molecule has 0 unspecified atom stereocenters. The number of carboxylic acids is 1. The lowest BCUT2D eigenvalue weighted by Gasteiger charge is -2.16. The molecule has 0 bridgehead atoms. The van der Waals surface area contributed by atoms with Crippen LogP contribution in [-0.2, 0) is 11.3 Å². The highest BCUT2D eigenvalue weighted by Gasteiger charge is 2.15. The zero-order valence-electron chi connectivity index (χ0n) is 11.4. The topological polar surface area (TPSA) is 70.5 Å². The Labute approximate surface area is 130 Å². The molecule has 2 aromatic heterocycles. The number of aromatic nitrogens is 1. The van der Waals surface area contributed by atoms with Gasteiger partial charge in [0.05, 0.1) is 17.9 Å². The molecular weight excluding hydrogens is 308 g/mol. The van der Waals surface area contributed by atoms with Gasteiger partial charge in [-0.1, -0.05) is 17.8 Å². The van der Waals surface area contributed by atoms with Gasteiger partial charge >= 0.3 is 5.97 Å². The summed E-state index contributed by atoms with van der Waals surface area (Å²) in [6, 6.07) is 6.97. The van der Waals surface area contributed by atoms with Crippen LogP contribution in [0.5, 0.6) is 0 Å². The molecular formula is C14H14N2O3S2. The van der Waals surface area contributed by atoms with Gasteiger partial charge in [-0.15, -0.1) is 11.3 Å². The fraction of sp³-hybridized carbons (Fsp3) is 0.214. The van der Waals surface area contributed by atoms with E-state index in [2.05, 4.69) is 4.98 Å². The van der Waals surface area contributed by atoms with Gasteiger partial charge in [0.1, 0.15) is 5.03 Å². The number of hydrogen-bond acceptors (Lipinski definition) is 5. The number of carbonyl (C=O) groups excluding carboxylic acids is 1. The number of aromatic carboxylic acids is 1. The van der Waals surface area contributed by atoms with Gasteiger partial charge in [0.25, 0.3) is 0 Å². The van der Waals surface area contributed by atoms with Crippen molar-refractivity contribution in [3.63, 3.8) is 0 Å². The summed E-state index contributed by atoms with van der Waals surface area (Å²) in [5, 5.41) is 11.4. The van der Waals surface area contributed by atoms with Crippen LogP contribution in [0.1, 0.15) is 15.2 Å². The van der Waals surface area contributed by atoms with Gasteiger partial charge in [0.2, 0.25) is 5.91 Å². The maximum Gasteiger partial charge on any atom is 0.338 e. The van der Waals surface area contributed by atoms with Crippen molar-refractivity contribution in [2.75, 3.05) is 12.8 Å². The summed E-state index contributed by atoms with van der Waals surface area (Å²) >= 11 is 2.74. The fourth-order valence-electron chi connectivity index (χ4n) is 1.63. The number of nitrogens with zero attached hydrogens (tertiary/aromatic N) is 2. The number of carbonyl (C=O) groups is 2. The molecule has 0 saturated heterocycles. The van der Waals surface area contributed by atoms with Gasteiger partial charge in [-0.3, -0.25) is 4.79 Å². The van der Waals surface area contributed by atoms with E-state index >= 15 is 0 Å². The van der Waals surface area contributed by atoms with Crippen LogP contribution in [0.3, 0.4) is 0 Å². The predicted molar refractivity (Wildman–Crippen MR) is 82.7 cm³/mol. The van der Waals surface area contributed by atoms with E-state index in [0.29, 0.717) is 11.6 Å². The van der Waals surface area contributed by atoms with Crippen molar-refractivity contribution in [3.8, 4) is 0 Å². The second kappa shape index (κ2) is 7.24. The molecule has 0 aliphatic heterocycles. The van der Waals surface area contributed by atoms with Crippen LogP contribution in [0, 0.1) is 0 Å². The largest absolute Gasteiger partial charge is 0.478 e. The zero-order valence-corrected chi connectivity index (χ0v) is 13.0. The van der Waals surface area contributed by atoms with Gasteiger partial charge in [-0.05, 0) is 23.6 Å². The van der Waals surface area contributed by atoms with Crippen molar-refractivity contribution in [2.24, 2.45) is 0 Å². The van der Waals surface area contributed by atoms with Gasteiger partial charge in [0.15, 0.2) is 0 Å². The molecule has 0 fully saturated rings. The number of amides is 1. The molecule has 5 nitrogen and oxygen atoms in total. The third-order valence-corrected chi connectivity index (χ3v) is 4.58. The fourth-order valence-corrected chi connectivity index (χ4v) is 3.32. The molecule has 110 valence electrons. The van der Waals surface area contributed by atoms with E-state index in [-0.39, 0.29) is 17.2 Å². The molecule has 0 saturated carbocycles. The molecule has 2 heterocycles. The number of thioether (sulfide) groups is 1. The van der Waals surface area contributed by atoms with Gasteiger partial charge in [-0.25, -0.2) is 9.78 Å². The molecule has 0 atom stereocenters. The van der Waals surface area contributed by atoms with Crippen molar-refractivity contribution in [3.05, 3.63) is 46.3 Å². The first-order valence-electron chi connectivity index (χ1n) is 6.15. The van der Waals surface area contributed by atoms with E-state index in [4.69, 9.17) is 5.11 Å². The van der Waals surface area contributed by atoms with Crippen molar-refractivity contribution >= 4 is 35.0 Å². The number of rotatable bonds is 6. The third-order valence-electron chi connectivity index (χ3n) is 2.73. The Morgan fingerprint density at radius 2 is 2.19 bits per heavy atom. The summed E-state index contributed by atoms with van der Waals surface area (Å²) in [5.74, 6) is -0.931. The molecule has 0 aliphatic rings. The Bertz CT molecular complexity index is 629. The summed E-state index contributed by atoms with van der Waals surface area (Å²) < 4.78 is 0. The van der Waals surface area contributed by atoms with E-state index in [9.17, 15) is 9.59 Å². The Hall–Kier alpha value is -1.86. The van der Waals surface area contributed by atoms with Crippen LogP contribution < -0.4 is 0 Å². The van der Waals surface area contributed by atoms with Gasteiger partial charge in [0, 0.05) is 18.1 Å². The second-order valence-electron chi connectivity index (χ2n) is 4.28. The SMILES string of the molecule is CN(Cc1cccs1)C(=O)CSc1ncccc1C(=O)O. The highest BCUT2D eigenvalue weighted by molar-refractivity contribution is 8.00. The van der Waals surface area contributed by atoms with Crippen LogP contribution in [0.25, 0.3) is 0 Å². The molecule has 1 N–H and O–H groups in total. The lowest BCUT2D eigenvalue weighted by Crippen LogP contribution is -2.27. The first-order chi connectivity index (χ1) is 10.1. The molecule has 7 heteroatoms. The normalized spacial score (nSPS) is 10.3. The Morgan fingerprint density at radius 1 is 1.38 bits per heavy atom. The number of hydrogen-bond donors (Lipinski definition) is 1. The van der Waals surface area contributed by atoms with E-state index < -0.39 is 5.97 Å². The van der Waals surface area contributed by atoms with E-state index in [1.54, 1.807) is 29.4 Å².